The van der Waals surface area contributed by atoms with Crippen molar-refractivity contribution in [2.75, 3.05) is 7.11 Å². The van der Waals surface area contributed by atoms with Gasteiger partial charge >= 0.3 is 0 Å². The number of halogens is 1. The molecule has 0 radical (unpaired) electrons. The Hall–Kier alpha value is -2.98. The first-order valence-corrected chi connectivity index (χ1v) is 12.4. The zero-order valence-electron chi connectivity index (χ0n) is 19.0. The topological polar surface area (TPSA) is 84.5 Å². The molecule has 0 N–H and O–H groups in total. The van der Waals surface area contributed by atoms with E-state index in [9.17, 15) is 13.0 Å². The lowest BCUT2D eigenvalue weighted by Gasteiger charge is -2.08. The molecule has 0 fully saturated rings. The minimum absolute atomic E-state index is 0.511. The summed E-state index contributed by atoms with van der Waals surface area (Å²) in [6, 6.07) is 29.0. The average molecular weight is 545 g/mol. The SMILES string of the molecule is COS(=O)(=O)[O-].Cn1c(-c2ccccc2)c(OCc2ccc(Br)cc2)c(-c2ccccc2)[n+]1C. The highest BCUT2D eigenvalue weighted by atomic mass is 79.9. The van der Waals surface area contributed by atoms with Crippen LogP contribution in [0.5, 0.6) is 5.75 Å². The van der Waals surface area contributed by atoms with Gasteiger partial charge in [-0.25, -0.2) is 8.42 Å². The van der Waals surface area contributed by atoms with Crippen LogP contribution >= 0.6 is 15.9 Å². The van der Waals surface area contributed by atoms with Crippen molar-refractivity contribution in [1.82, 2.24) is 4.68 Å². The van der Waals surface area contributed by atoms with Crippen molar-refractivity contribution in [2.45, 2.75) is 6.61 Å². The number of nitrogens with zero attached hydrogens (tertiary/aromatic N) is 2. The fourth-order valence-electron chi connectivity index (χ4n) is 3.41. The largest absolute Gasteiger partial charge is 0.726 e. The zero-order valence-corrected chi connectivity index (χ0v) is 21.4. The summed E-state index contributed by atoms with van der Waals surface area (Å²) in [4.78, 5) is 0. The number of rotatable bonds is 6. The fraction of sp³-hybridized carbons (Fsp3) is 0.160. The Morgan fingerprint density at radius 3 is 1.91 bits per heavy atom. The molecule has 1 heterocycles. The van der Waals surface area contributed by atoms with Gasteiger partial charge in [0, 0.05) is 10.0 Å². The molecule has 7 nitrogen and oxygen atoms in total. The van der Waals surface area contributed by atoms with Gasteiger partial charge in [0.2, 0.25) is 16.1 Å². The second-order valence-corrected chi connectivity index (χ2v) is 9.36. The Kier molecular flexibility index (Phi) is 8.62. The predicted molar refractivity (Wildman–Crippen MR) is 133 cm³/mol. The van der Waals surface area contributed by atoms with Crippen molar-refractivity contribution in [3.05, 3.63) is 95.0 Å². The number of hydrogen-bond acceptors (Lipinski definition) is 5. The molecule has 34 heavy (non-hydrogen) atoms. The summed E-state index contributed by atoms with van der Waals surface area (Å²) < 4.78 is 42.8. The molecule has 0 bridgehead atoms. The van der Waals surface area contributed by atoms with Crippen LogP contribution in [0.15, 0.2) is 89.4 Å². The van der Waals surface area contributed by atoms with Crippen molar-refractivity contribution in [1.29, 1.82) is 0 Å². The maximum Gasteiger partial charge on any atom is 0.280 e. The van der Waals surface area contributed by atoms with Gasteiger partial charge in [-0.05, 0) is 29.8 Å². The van der Waals surface area contributed by atoms with E-state index in [0.717, 1.165) is 45.4 Å². The summed E-state index contributed by atoms with van der Waals surface area (Å²) in [6.45, 7) is 0.511. The van der Waals surface area contributed by atoms with Crippen LogP contribution in [0.2, 0.25) is 0 Å². The Labute approximate surface area is 208 Å². The highest BCUT2D eigenvalue weighted by Crippen LogP contribution is 2.37. The van der Waals surface area contributed by atoms with E-state index in [1.54, 1.807) is 0 Å². The first kappa shape index (κ1) is 25.6. The van der Waals surface area contributed by atoms with E-state index >= 15 is 0 Å². The molecule has 0 spiro atoms. The maximum absolute atomic E-state index is 9.22. The predicted octanol–water partition coefficient (Wildman–Crippen LogP) is 4.62. The Bertz CT molecular complexity index is 1260. The highest BCUT2D eigenvalue weighted by Gasteiger charge is 2.30. The summed E-state index contributed by atoms with van der Waals surface area (Å²) in [6.07, 6.45) is 0. The summed E-state index contributed by atoms with van der Waals surface area (Å²) in [5.41, 5.74) is 5.54. The molecule has 0 atom stereocenters. The molecule has 178 valence electrons. The third kappa shape index (κ3) is 6.54. The molecular formula is C25H25BrN2O5S. The van der Waals surface area contributed by atoms with E-state index < -0.39 is 10.4 Å². The Balaban J connectivity index is 0.000000481. The molecule has 0 amide bonds. The van der Waals surface area contributed by atoms with Gasteiger partial charge in [0.25, 0.3) is 5.69 Å². The van der Waals surface area contributed by atoms with Crippen molar-refractivity contribution < 1.29 is 26.6 Å². The maximum atomic E-state index is 9.22. The molecule has 0 saturated carbocycles. The number of benzene rings is 3. The van der Waals surface area contributed by atoms with Crippen LogP contribution < -0.4 is 9.42 Å². The Morgan fingerprint density at radius 2 is 1.41 bits per heavy atom. The van der Waals surface area contributed by atoms with E-state index in [-0.39, 0.29) is 0 Å². The number of hydrogen-bond donors (Lipinski definition) is 0. The van der Waals surface area contributed by atoms with Gasteiger partial charge in [-0.1, -0.05) is 76.6 Å². The van der Waals surface area contributed by atoms with E-state index in [4.69, 9.17) is 4.74 Å². The monoisotopic (exact) mass is 544 g/mol. The lowest BCUT2D eigenvalue weighted by molar-refractivity contribution is -0.740. The number of aromatic nitrogens is 2. The van der Waals surface area contributed by atoms with Crippen LogP contribution in [0.3, 0.4) is 0 Å². The van der Waals surface area contributed by atoms with Gasteiger partial charge in [-0.3, -0.25) is 4.18 Å². The molecule has 0 unspecified atom stereocenters. The van der Waals surface area contributed by atoms with Gasteiger partial charge in [0.15, 0.2) is 12.7 Å². The van der Waals surface area contributed by atoms with Crippen LogP contribution in [-0.2, 0) is 35.3 Å². The minimum atomic E-state index is -4.41. The average Bonchev–Trinajstić information content (AvgIpc) is 3.09. The van der Waals surface area contributed by atoms with Crippen LogP contribution in [0.4, 0.5) is 0 Å². The smallest absolute Gasteiger partial charge is 0.280 e. The quantitative estimate of drug-likeness (QED) is 0.201. The third-order valence-corrected chi connectivity index (χ3v) is 6.06. The first-order valence-electron chi connectivity index (χ1n) is 10.3. The van der Waals surface area contributed by atoms with E-state index in [2.05, 4.69) is 104 Å². The molecule has 9 heteroatoms. The molecule has 0 aliphatic rings. The molecule has 0 saturated heterocycles. The third-order valence-electron chi connectivity index (χ3n) is 5.12. The van der Waals surface area contributed by atoms with Gasteiger partial charge in [0.1, 0.15) is 6.61 Å². The van der Waals surface area contributed by atoms with Crippen molar-refractivity contribution in [2.24, 2.45) is 14.1 Å². The van der Waals surface area contributed by atoms with E-state index in [1.807, 2.05) is 24.3 Å². The normalized spacial score (nSPS) is 11.0. The number of ether oxygens (including phenoxy) is 1. The second-order valence-electron chi connectivity index (χ2n) is 7.30. The molecule has 1 aromatic heterocycles. The second kappa shape index (κ2) is 11.4. The zero-order chi connectivity index (χ0) is 24.7. The summed E-state index contributed by atoms with van der Waals surface area (Å²) >= 11 is 3.49. The standard InChI is InChI=1S/C24H22BrN2O.CH4O4S/c1-26-22(19-9-5-3-6-10-19)24(28-17-18-13-15-21(25)16-14-18)23(27(26)2)20-11-7-4-8-12-20;1-5-6(2,3)4/h3-16H,17H2,1-2H3;1H3,(H,2,3,4)/q+1;/p-1. The van der Waals surface area contributed by atoms with Crippen LogP contribution in [0, 0.1) is 0 Å². The minimum Gasteiger partial charge on any atom is -0.726 e. The first-order chi connectivity index (χ1) is 16.2. The van der Waals surface area contributed by atoms with Crippen LogP contribution in [0.25, 0.3) is 22.5 Å². The lowest BCUT2D eigenvalue weighted by atomic mass is 10.1. The van der Waals surface area contributed by atoms with E-state index in [0.29, 0.717) is 6.61 Å². The van der Waals surface area contributed by atoms with Crippen molar-refractivity contribution in [3.63, 3.8) is 0 Å². The molecule has 0 aliphatic heterocycles. The molecule has 4 aromatic rings. The van der Waals surface area contributed by atoms with E-state index in [1.165, 1.54) is 0 Å². The summed E-state index contributed by atoms with van der Waals surface area (Å²) in [5.74, 6) is 0.894. The molecule has 3 aromatic carbocycles. The van der Waals surface area contributed by atoms with Crippen molar-refractivity contribution in [3.8, 4) is 28.3 Å². The fourth-order valence-corrected chi connectivity index (χ4v) is 3.67. The summed E-state index contributed by atoms with van der Waals surface area (Å²) in [5, 5.41) is 0. The van der Waals surface area contributed by atoms with Crippen LogP contribution in [-0.4, -0.2) is 24.8 Å². The lowest BCUT2D eigenvalue weighted by Crippen LogP contribution is -2.39. The van der Waals surface area contributed by atoms with Crippen molar-refractivity contribution >= 4 is 26.3 Å². The van der Waals surface area contributed by atoms with Gasteiger partial charge in [-0.15, -0.1) is 4.68 Å². The highest BCUT2D eigenvalue weighted by molar-refractivity contribution is 9.10. The molecular weight excluding hydrogens is 520 g/mol. The van der Waals surface area contributed by atoms with Gasteiger partial charge in [-0.2, -0.15) is 4.68 Å². The van der Waals surface area contributed by atoms with Crippen LogP contribution in [0.1, 0.15) is 5.56 Å². The van der Waals surface area contributed by atoms with Gasteiger partial charge in [0.05, 0.1) is 19.7 Å². The molecule has 0 aliphatic carbocycles. The summed E-state index contributed by atoms with van der Waals surface area (Å²) in [7, 11) is 0.537. The van der Waals surface area contributed by atoms with Gasteiger partial charge < -0.3 is 9.29 Å². The molecule has 4 rings (SSSR count). The Morgan fingerprint density at radius 1 is 0.912 bits per heavy atom.